The molecule has 9 heavy (non-hydrogen) atoms. The molecule has 3 nitrogen and oxygen atoms in total. The first kappa shape index (κ1) is 6.55. The summed E-state index contributed by atoms with van der Waals surface area (Å²) in [4.78, 5) is 9.59. The maximum atomic E-state index is 9.59. The van der Waals surface area contributed by atoms with Gasteiger partial charge < -0.3 is 10.1 Å². The van der Waals surface area contributed by atoms with Crippen molar-refractivity contribution in [2.24, 2.45) is 0 Å². The molecule has 51 valence electrons. The molecule has 0 amide bonds. The van der Waals surface area contributed by atoms with E-state index in [1.807, 2.05) is 0 Å². The van der Waals surface area contributed by atoms with Gasteiger partial charge in [0.05, 0.1) is 0 Å². The highest BCUT2D eigenvalue weighted by Gasteiger charge is 2.13. The first-order valence-electron chi connectivity index (χ1n) is 3.16. The molecule has 0 aromatic rings. The molecule has 0 spiro atoms. The van der Waals surface area contributed by atoms with Gasteiger partial charge >= 0.3 is 6.47 Å². The highest BCUT2D eigenvalue weighted by atomic mass is 16.5. The molecule has 0 aliphatic carbocycles. The van der Waals surface area contributed by atoms with E-state index in [0.29, 0.717) is 12.6 Å². The van der Waals surface area contributed by atoms with Crippen LogP contribution in [0.25, 0.3) is 0 Å². The minimum Gasteiger partial charge on any atom is -0.456 e. The molecule has 1 radical (unpaired) electrons. The van der Waals surface area contributed by atoms with Crippen LogP contribution >= 0.6 is 0 Å². The van der Waals surface area contributed by atoms with Crippen molar-refractivity contribution in [3.8, 4) is 0 Å². The summed E-state index contributed by atoms with van der Waals surface area (Å²) >= 11 is 0. The van der Waals surface area contributed by atoms with Gasteiger partial charge in [0, 0.05) is 6.04 Å². The number of ether oxygens (including phenoxy) is 1. The molecule has 1 fully saturated rings. The third-order valence-electron chi connectivity index (χ3n) is 1.51. The molecular weight excluding hydrogens is 118 g/mol. The lowest BCUT2D eigenvalue weighted by Gasteiger charge is -2.05. The van der Waals surface area contributed by atoms with E-state index in [2.05, 4.69) is 10.1 Å². The Morgan fingerprint density at radius 1 is 1.78 bits per heavy atom. The third kappa shape index (κ3) is 2.01. The molecule has 0 unspecified atom stereocenters. The second kappa shape index (κ2) is 3.45. The van der Waals surface area contributed by atoms with E-state index in [4.69, 9.17) is 0 Å². The van der Waals surface area contributed by atoms with E-state index in [1.165, 1.54) is 12.9 Å². The van der Waals surface area contributed by atoms with Crippen molar-refractivity contribution in [1.29, 1.82) is 0 Å². The average Bonchev–Trinajstić information content (AvgIpc) is 2.34. The summed E-state index contributed by atoms with van der Waals surface area (Å²) in [6, 6.07) is 0.381. The molecule has 0 aromatic carbocycles. The van der Waals surface area contributed by atoms with Crippen molar-refractivity contribution in [1.82, 2.24) is 5.32 Å². The van der Waals surface area contributed by atoms with Crippen molar-refractivity contribution in [2.75, 3.05) is 13.2 Å². The van der Waals surface area contributed by atoms with Gasteiger partial charge in [0.15, 0.2) is 0 Å². The molecule has 1 heterocycles. The summed E-state index contributed by atoms with van der Waals surface area (Å²) in [5, 5.41) is 3.19. The van der Waals surface area contributed by atoms with Crippen molar-refractivity contribution in [3.05, 3.63) is 0 Å². The predicted molar refractivity (Wildman–Crippen MR) is 32.7 cm³/mol. The summed E-state index contributed by atoms with van der Waals surface area (Å²) in [6.45, 7) is 2.93. The van der Waals surface area contributed by atoms with Crippen molar-refractivity contribution in [3.63, 3.8) is 0 Å². The second-order valence-electron chi connectivity index (χ2n) is 2.19. The van der Waals surface area contributed by atoms with Crippen molar-refractivity contribution in [2.45, 2.75) is 18.9 Å². The first-order valence-corrected chi connectivity index (χ1v) is 3.16. The van der Waals surface area contributed by atoms with Crippen LogP contribution in [0.3, 0.4) is 0 Å². The molecule has 1 N–H and O–H groups in total. The van der Waals surface area contributed by atoms with Gasteiger partial charge in [-0.1, -0.05) is 0 Å². The highest BCUT2D eigenvalue weighted by molar-refractivity contribution is 5.38. The highest BCUT2D eigenvalue weighted by Crippen LogP contribution is 2.03. The minimum atomic E-state index is 0.381. The van der Waals surface area contributed by atoms with Gasteiger partial charge in [0.25, 0.3) is 0 Å². The lowest BCUT2D eigenvalue weighted by molar-refractivity contribution is 0.246. The normalized spacial score (nSPS) is 26.0. The molecule has 0 saturated carbocycles. The Labute approximate surface area is 54.4 Å². The zero-order valence-electron chi connectivity index (χ0n) is 5.22. The van der Waals surface area contributed by atoms with Gasteiger partial charge in [0.1, 0.15) is 6.61 Å². The summed E-state index contributed by atoms with van der Waals surface area (Å²) in [6.07, 6.45) is 2.30. The topological polar surface area (TPSA) is 38.3 Å². The van der Waals surface area contributed by atoms with Gasteiger partial charge in [0.2, 0.25) is 0 Å². The third-order valence-corrected chi connectivity index (χ3v) is 1.51. The van der Waals surface area contributed by atoms with E-state index in [-0.39, 0.29) is 0 Å². The van der Waals surface area contributed by atoms with E-state index < -0.39 is 0 Å². The fraction of sp³-hybridized carbons (Fsp3) is 0.833. The Hall–Kier alpha value is -0.570. The minimum absolute atomic E-state index is 0.381. The van der Waals surface area contributed by atoms with Crippen LogP contribution in [0.15, 0.2) is 0 Å². The molecule has 0 aromatic heterocycles. The van der Waals surface area contributed by atoms with Crippen LogP contribution in [0.5, 0.6) is 0 Å². The Bertz CT molecular complexity index is 89.1. The molecule has 1 aliphatic rings. The average molecular weight is 128 g/mol. The Balaban J connectivity index is 2.04. The number of hydrogen-bond donors (Lipinski definition) is 1. The number of nitrogens with one attached hydrogen (secondary N) is 1. The molecule has 0 bridgehead atoms. The van der Waals surface area contributed by atoms with Gasteiger partial charge in [-0.15, -0.1) is 0 Å². The number of hydrogen-bond acceptors (Lipinski definition) is 3. The summed E-state index contributed by atoms with van der Waals surface area (Å²) < 4.78 is 4.45. The van der Waals surface area contributed by atoms with Crippen LogP contribution in [0.1, 0.15) is 12.8 Å². The van der Waals surface area contributed by atoms with Gasteiger partial charge in [-0.3, -0.25) is 0 Å². The van der Waals surface area contributed by atoms with Crippen molar-refractivity contribution < 1.29 is 9.53 Å². The molecular formula is C6H10NO2. The molecule has 1 rings (SSSR count). The Kier molecular flexibility index (Phi) is 2.51. The van der Waals surface area contributed by atoms with Crippen LogP contribution in [-0.2, 0) is 9.53 Å². The van der Waals surface area contributed by atoms with Crippen LogP contribution in [0.2, 0.25) is 0 Å². The van der Waals surface area contributed by atoms with Crippen LogP contribution in [0, 0.1) is 0 Å². The number of carbonyl (C=O) groups excluding carboxylic acids is 1. The monoisotopic (exact) mass is 128 g/mol. The fourth-order valence-corrected chi connectivity index (χ4v) is 1.03. The predicted octanol–water partition coefficient (Wildman–Crippen LogP) is -0.178. The van der Waals surface area contributed by atoms with E-state index in [1.54, 1.807) is 0 Å². The maximum absolute atomic E-state index is 9.59. The Morgan fingerprint density at radius 3 is 3.22 bits per heavy atom. The van der Waals surface area contributed by atoms with E-state index in [9.17, 15) is 4.79 Å². The Morgan fingerprint density at radius 2 is 2.67 bits per heavy atom. The van der Waals surface area contributed by atoms with Gasteiger partial charge in [-0.05, 0) is 19.4 Å². The largest absolute Gasteiger partial charge is 0.456 e. The van der Waals surface area contributed by atoms with Crippen LogP contribution in [0.4, 0.5) is 0 Å². The lowest BCUT2D eigenvalue weighted by Crippen LogP contribution is -2.26. The van der Waals surface area contributed by atoms with Crippen LogP contribution < -0.4 is 5.32 Å². The molecule has 3 heteroatoms. The molecule has 1 saturated heterocycles. The smallest absolute Gasteiger partial charge is 0.417 e. The molecule has 1 aliphatic heterocycles. The SMILES string of the molecule is O=[C]OC[C@@H]1CCCN1. The maximum Gasteiger partial charge on any atom is 0.417 e. The molecule has 1 atom stereocenters. The van der Waals surface area contributed by atoms with Gasteiger partial charge in [-0.2, -0.15) is 0 Å². The number of rotatable bonds is 3. The van der Waals surface area contributed by atoms with Gasteiger partial charge in [-0.25, -0.2) is 4.79 Å². The summed E-state index contributed by atoms with van der Waals surface area (Å²) in [5.74, 6) is 0. The zero-order chi connectivity index (χ0) is 6.53. The second-order valence-corrected chi connectivity index (χ2v) is 2.19. The summed E-state index contributed by atoms with van der Waals surface area (Å²) in [7, 11) is 0. The van der Waals surface area contributed by atoms with Crippen molar-refractivity contribution >= 4 is 6.47 Å². The van der Waals surface area contributed by atoms with E-state index in [0.717, 1.165) is 13.0 Å². The first-order chi connectivity index (χ1) is 4.43. The standard InChI is InChI=1S/C6H10NO2/c8-5-9-4-6-2-1-3-7-6/h6-7H,1-4H2/t6-/m0/s1. The fourth-order valence-electron chi connectivity index (χ4n) is 1.03. The zero-order valence-corrected chi connectivity index (χ0v) is 5.22. The summed E-state index contributed by atoms with van der Waals surface area (Å²) in [5.41, 5.74) is 0. The van der Waals surface area contributed by atoms with E-state index >= 15 is 0 Å². The van der Waals surface area contributed by atoms with Crippen LogP contribution in [-0.4, -0.2) is 25.7 Å². The lowest BCUT2D eigenvalue weighted by atomic mass is 10.2. The quantitative estimate of drug-likeness (QED) is 0.573.